The summed E-state index contributed by atoms with van der Waals surface area (Å²) in [5.41, 5.74) is 0.962. The zero-order valence-electron chi connectivity index (χ0n) is 13.6. The molecule has 23 heavy (non-hydrogen) atoms. The van der Waals surface area contributed by atoms with E-state index >= 15 is 0 Å². The van der Waals surface area contributed by atoms with E-state index in [0.717, 1.165) is 5.56 Å². The Labute approximate surface area is 136 Å². The summed E-state index contributed by atoms with van der Waals surface area (Å²) in [6, 6.07) is 9.58. The fraction of sp³-hybridized carbons (Fsp3) is 0.471. The average molecular weight is 317 g/mol. The van der Waals surface area contributed by atoms with Crippen LogP contribution in [0.4, 0.5) is 4.79 Å². The predicted molar refractivity (Wildman–Crippen MR) is 88.1 cm³/mol. The molecule has 0 radical (unpaired) electrons. The van der Waals surface area contributed by atoms with Crippen LogP contribution in [0.3, 0.4) is 0 Å². The first-order valence-corrected chi connectivity index (χ1v) is 7.76. The van der Waals surface area contributed by atoms with Crippen molar-refractivity contribution in [3.05, 3.63) is 35.9 Å². The number of rotatable bonds is 4. The molecule has 0 atom stereocenters. The Morgan fingerprint density at radius 2 is 1.91 bits per heavy atom. The molecule has 1 fully saturated rings. The van der Waals surface area contributed by atoms with E-state index in [9.17, 15) is 9.59 Å². The van der Waals surface area contributed by atoms with Crippen LogP contribution in [0.25, 0.3) is 0 Å². The minimum atomic E-state index is -0.323. The maximum Gasteiger partial charge on any atom is 0.410 e. The number of benzene rings is 1. The highest BCUT2D eigenvalue weighted by Gasteiger charge is 2.27. The summed E-state index contributed by atoms with van der Waals surface area (Å²) in [5.74, 6) is -0.222. The molecule has 1 aliphatic rings. The molecule has 1 saturated heterocycles. The van der Waals surface area contributed by atoms with E-state index < -0.39 is 0 Å². The molecule has 124 valence electrons. The first kappa shape index (κ1) is 17.0. The number of carbonyl (C=O) groups excluding carboxylic acids is 2. The van der Waals surface area contributed by atoms with Crippen LogP contribution in [-0.4, -0.2) is 55.3 Å². The van der Waals surface area contributed by atoms with Gasteiger partial charge in [0.15, 0.2) is 0 Å². The van der Waals surface area contributed by atoms with Crippen LogP contribution in [0.5, 0.6) is 0 Å². The fourth-order valence-corrected chi connectivity index (χ4v) is 2.40. The number of hydrogen-bond donors (Lipinski definition) is 0. The molecule has 1 aromatic rings. The number of piperidine rings is 1. The molecule has 2 rings (SSSR count). The van der Waals surface area contributed by atoms with Crippen LogP contribution in [0.2, 0.25) is 0 Å². The van der Waals surface area contributed by atoms with Gasteiger partial charge in [0.1, 0.15) is 6.61 Å². The number of nitrogens with zero attached hydrogens (tertiary/aromatic N) is 3. The molecule has 0 N–H and O–H groups in total. The largest absolute Gasteiger partial charge is 0.445 e. The lowest BCUT2D eigenvalue weighted by atomic mass is 9.96. The smallest absolute Gasteiger partial charge is 0.410 e. The molecule has 1 aliphatic heterocycles. The van der Waals surface area contributed by atoms with Crippen LogP contribution in [0, 0.1) is 5.92 Å². The normalized spacial score (nSPS) is 15.7. The van der Waals surface area contributed by atoms with E-state index in [1.807, 2.05) is 44.4 Å². The molecule has 0 unspecified atom stereocenters. The quantitative estimate of drug-likeness (QED) is 0.630. The van der Waals surface area contributed by atoms with Crippen molar-refractivity contribution in [2.75, 3.05) is 27.2 Å². The topological polar surface area (TPSA) is 62.2 Å². The first-order chi connectivity index (χ1) is 11.1. The van der Waals surface area contributed by atoms with Crippen LogP contribution in [0.15, 0.2) is 35.3 Å². The van der Waals surface area contributed by atoms with Gasteiger partial charge in [0.05, 0.1) is 6.34 Å². The maximum absolute atomic E-state index is 12.0. The summed E-state index contributed by atoms with van der Waals surface area (Å²) in [6.45, 7) is 1.33. The molecule has 6 heteroatoms. The lowest BCUT2D eigenvalue weighted by Gasteiger charge is -2.29. The van der Waals surface area contributed by atoms with Gasteiger partial charge in [-0.15, -0.1) is 0 Å². The summed E-state index contributed by atoms with van der Waals surface area (Å²) in [7, 11) is 3.64. The Balaban J connectivity index is 1.75. The van der Waals surface area contributed by atoms with Gasteiger partial charge in [-0.25, -0.2) is 9.79 Å². The summed E-state index contributed by atoms with van der Waals surface area (Å²) in [4.78, 5) is 31.3. The third-order valence-electron chi connectivity index (χ3n) is 3.72. The average Bonchev–Trinajstić information content (AvgIpc) is 2.58. The second-order valence-electron chi connectivity index (χ2n) is 5.85. The lowest BCUT2D eigenvalue weighted by molar-refractivity contribution is -0.122. The fourth-order valence-electron chi connectivity index (χ4n) is 2.40. The predicted octanol–water partition coefficient (Wildman–Crippen LogP) is 2.15. The third-order valence-corrected chi connectivity index (χ3v) is 3.72. The minimum absolute atomic E-state index is 0.107. The molecule has 1 heterocycles. The molecule has 0 bridgehead atoms. The van der Waals surface area contributed by atoms with Gasteiger partial charge in [0.2, 0.25) is 5.91 Å². The Hall–Kier alpha value is -2.37. The second-order valence-corrected chi connectivity index (χ2v) is 5.85. The first-order valence-electron chi connectivity index (χ1n) is 7.76. The van der Waals surface area contributed by atoms with Gasteiger partial charge in [-0.3, -0.25) is 4.79 Å². The molecule has 0 saturated carbocycles. The Morgan fingerprint density at radius 1 is 1.26 bits per heavy atom. The second kappa shape index (κ2) is 8.31. The molecule has 0 aliphatic carbocycles. The van der Waals surface area contributed by atoms with Crippen LogP contribution >= 0.6 is 0 Å². The lowest BCUT2D eigenvalue weighted by Crippen LogP contribution is -2.40. The highest BCUT2D eigenvalue weighted by molar-refractivity contribution is 5.86. The standard InChI is InChI=1S/C17H23N3O3/c1-19(2)13-18-16(21)15-8-10-20(11-9-15)17(22)23-12-14-6-4-3-5-7-14/h3-7,13,15H,8-12H2,1-2H3. The number of likely N-dealkylation sites (tertiary alicyclic amines) is 1. The number of hydrogen-bond acceptors (Lipinski definition) is 3. The van der Waals surface area contributed by atoms with Crippen molar-refractivity contribution in [3.63, 3.8) is 0 Å². The van der Waals surface area contributed by atoms with Crippen molar-refractivity contribution in [1.29, 1.82) is 0 Å². The summed E-state index contributed by atoms with van der Waals surface area (Å²) in [5, 5.41) is 0. The summed E-state index contributed by atoms with van der Waals surface area (Å²) in [6.07, 6.45) is 2.45. The zero-order valence-corrected chi connectivity index (χ0v) is 13.6. The molecule has 1 aromatic carbocycles. The molecule has 0 aromatic heterocycles. The van der Waals surface area contributed by atoms with E-state index in [0.29, 0.717) is 25.9 Å². The van der Waals surface area contributed by atoms with Crippen molar-refractivity contribution in [3.8, 4) is 0 Å². The third kappa shape index (κ3) is 5.39. The van der Waals surface area contributed by atoms with Crippen molar-refractivity contribution < 1.29 is 14.3 Å². The highest BCUT2D eigenvalue weighted by atomic mass is 16.6. The maximum atomic E-state index is 12.0. The number of carbonyl (C=O) groups is 2. The van der Waals surface area contributed by atoms with Gasteiger partial charge >= 0.3 is 6.09 Å². The van der Waals surface area contributed by atoms with Gasteiger partial charge in [0, 0.05) is 33.1 Å². The molecule has 6 nitrogen and oxygen atoms in total. The van der Waals surface area contributed by atoms with Gasteiger partial charge < -0.3 is 14.5 Å². The van der Waals surface area contributed by atoms with Gasteiger partial charge in [-0.05, 0) is 18.4 Å². The van der Waals surface area contributed by atoms with Gasteiger partial charge in [-0.1, -0.05) is 30.3 Å². The van der Waals surface area contributed by atoms with E-state index in [-0.39, 0.29) is 24.5 Å². The molecular weight excluding hydrogens is 294 g/mol. The Bertz CT molecular complexity index is 549. The number of amides is 2. The highest BCUT2D eigenvalue weighted by Crippen LogP contribution is 2.19. The van der Waals surface area contributed by atoms with Crippen LogP contribution in [0.1, 0.15) is 18.4 Å². The van der Waals surface area contributed by atoms with Crippen molar-refractivity contribution in [2.45, 2.75) is 19.4 Å². The van der Waals surface area contributed by atoms with Crippen molar-refractivity contribution >= 4 is 18.3 Å². The van der Waals surface area contributed by atoms with Gasteiger partial charge in [-0.2, -0.15) is 0 Å². The Kier molecular flexibility index (Phi) is 6.14. The Morgan fingerprint density at radius 3 is 2.52 bits per heavy atom. The summed E-state index contributed by atoms with van der Waals surface area (Å²) >= 11 is 0. The number of aliphatic imine (C=N–C) groups is 1. The van der Waals surface area contributed by atoms with E-state index in [2.05, 4.69) is 4.99 Å². The van der Waals surface area contributed by atoms with E-state index in [1.54, 1.807) is 9.80 Å². The monoisotopic (exact) mass is 317 g/mol. The molecular formula is C17H23N3O3. The zero-order chi connectivity index (χ0) is 16.7. The van der Waals surface area contributed by atoms with Crippen LogP contribution < -0.4 is 0 Å². The van der Waals surface area contributed by atoms with Crippen LogP contribution in [-0.2, 0) is 16.1 Å². The summed E-state index contributed by atoms with van der Waals surface area (Å²) < 4.78 is 5.31. The van der Waals surface area contributed by atoms with Crippen molar-refractivity contribution in [2.24, 2.45) is 10.9 Å². The molecule has 2 amide bonds. The van der Waals surface area contributed by atoms with E-state index in [1.165, 1.54) is 6.34 Å². The number of ether oxygens (including phenoxy) is 1. The minimum Gasteiger partial charge on any atom is -0.445 e. The van der Waals surface area contributed by atoms with Crippen molar-refractivity contribution in [1.82, 2.24) is 9.80 Å². The van der Waals surface area contributed by atoms with Gasteiger partial charge in [0.25, 0.3) is 0 Å². The SMILES string of the molecule is CN(C)C=NC(=O)C1CCN(C(=O)OCc2ccccc2)CC1. The van der Waals surface area contributed by atoms with E-state index in [4.69, 9.17) is 4.74 Å². The molecule has 0 spiro atoms.